The molecule has 0 heterocycles. The van der Waals surface area contributed by atoms with Crippen molar-refractivity contribution in [1.82, 2.24) is 10.2 Å². The molecular formula is C34H35BrClN3O4S. The molecule has 4 rings (SSSR count). The Balaban J connectivity index is 1.80. The number of hydrogen-bond donors (Lipinski definition) is 1. The van der Waals surface area contributed by atoms with Crippen molar-refractivity contribution in [2.75, 3.05) is 17.4 Å². The van der Waals surface area contributed by atoms with Gasteiger partial charge in [0.05, 0.1) is 10.6 Å². The van der Waals surface area contributed by atoms with E-state index in [1.165, 1.54) is 29.2 Å². The molecule has 0 radical (unpaired) electrons. The first-order valence-electron chi connectivity index (χ1n) is 14.3. The number of amides is 2. The van der Waals surface area contributed by atoms with Crippen molar-refractivity contribution in [2.24, 2.45) is 0 Å². The quantitative estimate of drug-likeness (QED) is 0.167. The number of halogens is 2. The van der Waals surface area contributed by atoms with Crippen molar-refractivity contribution in [3.05, 3.63) is 129 Å². The highest BCUT2D eigenvalue weighted by Gasteiger charge is 2.35. The van der Waals surface area contributed by atoms with Crippen LogP contribution in [0.1, 0.15) is 30.0 Å². The van der Waals surface area contributed by atoms with E-state index in [1.54, 1.807) is 31.2 Å². The molecule has 0 aliphatic heterocycles. The van der Waals surface area contributed by atoms with E-state index in [0.717, 1.165) is 26.3 Å². The molecule has 0 fully saturated rings. The maximum Gasteiger partial charge on any atom is 0.264 e. The van der Waals surface area contributed by atoms with Crippen molar-refractivity contribution in [2.45, 2.75) is 44.2 Å². The fourth-order valence-electron chi connectivity index (χ4n) is 4.84. The van der Waals surface area contributed by atoms with Crippen LogP contribution in [0.25, 0.3) is 0 Å². The summed E-state index contributed by atoms with van der Waals surface area (Å²) in [6.45, 7) is 3.77. The van der Waals surface area contributed by atoms with Gasteiger partial charge < -0.3 is 10.2 Å². The number of nitrogens with one attached hydrogen (secondary N) is 1. The molecule has 0 bridgehead atoms. The topological polar surface area (TPSA) is 86.8 Å². The summed E-state index contributed by atoms with van der Waals surface area (Å²) < 4.78 is 30.2. The molecule has 7 nitrogen and oxygen atoms in total. The summed E-state index contributed by atoms with van der Waals surface area (Å²) in [6.07, 6.45) is 0.980. The van der Waals surface area contributed by atoms with Crippen LogP contribution in [0.15, 0.2) is 112 Å². The smallest absolute Gasteiger partial charge is 0.264 e. The largest absolute Gasteiger partial charge is 0.354 e. The molecule has 0 saturated heterocycles. The van der Waals surface area contributed by atoms with Crippen molar-refractivity contribution >= 4 is 55.1 Å². The predicted molar refractivity (Wildman–Crippen MR) is 179 cm³/mol. The molecule has 44 heavy (non-hydrogen) atoms. The molecule has 1 N–H and O–H groups in total. The lowest BCUT2D eigenvalue weighted by molar-refractivity contribution is -0.140. The second kappa shape index (κ2) is 15.4. The Hall–Kier alpha value is -3.66. The van der Waals surface area contributed by atoms with Crippen molar-refractivity contribution in [1.29, 1.82) is 0 Å². The highest BCUT2D eigenvalue weighted by Crippen LogP contribution is 2.28. The highest BCUT2D eigenvalue weighted by atomic mass is 79.9. The summed E-state index contributed by atoms with van der Waals surface area (Å²) in [6, 6.07) is 28.9. The lowest BCUT2D eigenvalue weighted by Gasteiger charge is -2.34. The lowest BCUT2D eigenvalue weighted by atomic mass is 10.0. The van der Waals surface area contributed by atoms with Crippen LogP contribution in [0, 0.1) is 6.92 Å². The van der Waals surface area contributed by atoms with Gasteiger partial charge in [0.25, 0.3) is 10.0 Å². The summed E-state index contributed by atoms with van der Waals surface area (Å²) in [5.41, 5.74) is 2.71. The van der Waals surface area contributed by atoms with Crippen molar-refractivity contribution in [3.8, 4) is 0 Å². The monoisotopic (exact) mass is 695 g/mol. The Morgan fingerprint density at radius 2 is 1.55 bits per heavy atom. The van der Waals surface area contributed by atoms with Crippen molar-refractivity contribution < 1.29 is 18.0 Å². The van der Waals surface area contributed by atoms with E-state index in [0.29, 0.717) is 22.8 Å². The van der Waals surface area contributed by atoms with Gasteiger partial charge in [-0.25, -0.2) is 8.42 Å². The summed E-state index contributed by atoms with van der Waals surface area (Å²) in [4.78, 5) is 29.7. The SMILES string of the molecule is CCCNC(=O)C(Cc1ccccc1)N(Cc1cccc(Br)c1)C(=O)CN(c1ccccc1C)S(=O)(=O)c1ccc(Cl)cc1. The third kappa shape index (κ3) is 8.49. The zero-order valence-electron chi connectivity index (χ0n) is 24.6. The Bertz CT molecular complexity index is 1680. The fourth-order valence-corrected chi connectivity index (χ4v) is 6.89. The summed E-state index contributed by atoms with van der Waals surface area (Å²) >= 11 is 9.55. The van der Waals surface area contributed by atoms with Crippen LogP contribution >= 0.6 is 27.5 Å². The molecule has 0 aliphatic rings. The van der Waals surface area contributed by atoms with Crippen LogP contribution in [0.4, 0.5) is 5.69 Å². The van der Waals surface area contributed by atoms with Gasteiger partial charge >= 0.3 is 0 Å². The van der Waals surface area contributed by atoms with Gasteiger partial charge in [-0.1, -0.05) is 95.1 Å². The second-order valence-electron chi connectivity index (χ2n) is 10.4. The Labute approximate surface area is 273 Å². The van der Waals surface area contributed by atoms with E-state index >= 15 is 0 Å². The number of anilines is 1. The van der Waals surface area contributed by atoms with E-state index in [-0.39, 0.29) is 23.8 Å². The highest BCUT2D eigenvalue weighted by molar-refractivity contribution is 9.10. The van der Waals surface area contributed by atoms with Crippen LogP contribution in [0.3, 0.4) is 0 Å². The van der Waals surface area contributed by atoms with Gasteiger partial charge in [-0.2, -0.15) is 0 Å². The predicted octanol–water partition coefficient (Wildman–Crippen LogP) is 6.77. The number of hydrogen-bond acceptors (Lipinski definition) is 4. The number of aryl methyl sites for hydroxylation is 1. The standard InChI is InChI=1S/C34H35BrClN3O4S/c1-3-20-37-34(41)32(22-26-11-5-4-6-12-26)38(23-27-13-9-14-28(35)21-27)33(40)24-39(31-15-8-7-10-25(31)2)44(42,43)30-18-16-29(36)17-19-30/h4-19,21,32H,3,20,22-24H2,1-2H3,(H,37,41). The third-order valence-corrected chi connectivity index (χ3v) is 9.65. The Kier molecular flexibility index (Phi) is 11.6. The van der Waals surface area contributed by atoms with Crippen LogP contribution in [0.2, 0.25) is 5.02 Å². The average molecular weight is 697 g/mol. The van der Waals surface area contributed by atoms with Gasteiger partial charge in [0.1, 0.15) is 12.6 Å². The van der Waals surface area contributed by atoms with Crippen LogP contribution in [-0.2, 0) is 32.6 Å². The van der Waals surface area contributed by atoms with Crippen LogP contribution in [-0.4, -0.2) is 44.3 Å². The maximum absolute atomic E-state index is 14.5. The van der Waals surface area contributed by atoms with Gasteiger partial charge in [-0.15, -0.1) is 0 Å². The van der Waals surface area contributed by atoms with E-state index < -0.39 is 28.5 Å². The van der Waals surface area contributed by atoms with E-state index in [2.05, 4.69) is 21.2 Å². The van der Waals surface area contributed by atoms with Crippen LogP contribution in [0.5, 0.6) is 0 Å². The van der Waals surface area contributed by atoms with Gasteiger partial charge in [0.2, 0.25) is 11.8 Å². The number of nitrogens with zero attached hydrogens (tertiary/aromatic N) is 2. The van der Waals surface area contributed by atoms with E-state index in [1.807, 2.05) is 61.5 Å². The Morgan fingerprint density at radius 1 is 0.886 bits per heavy atom. The summed E-state index contributed by atoms with van der Waals surface area (Å²) in [7, 11) is -4.20. The number of carbonyl (C=O) groups is 2. The molecule has 4 aromatic carbocycles. The van der Waals surface area contributed by atoms with Gasteiger partial charge in [-0.3, -0.25) is 13.9 Å². The van der Waals surface area contributed by atoms with Gasteiger partial charge in [-0.05, 0) is 72.5 Å². The van der Waals surface area contributed by atoms with Crippen LogP contribution < -0.4 is 9.62 Å². The number of sulfonamides is 1. The summed E-state index contributed by atoms with van der Waals surface area (Å²) in [5, 5.41) is 3.35. The molecule has 10 heteroatoms. The zero-order valence-corrected chi connectivity index (χ0v) is 27.8. The molecule has 230 valence electrons. The molecular weight excluding hydrogens is 662 g/mol. The number of para-hydroxylation sites is 1. The second-order valence-corrected chi connectivity index (χ2v) is 13.6. The normalized spacial score (nSPS) is 11.9. The molecule has 2 amide bonds. The average Bonchev–Trinajstić information content (AvgIpc) is 3.01. The van der Waals surface area contributed by atoms with E-state index in [9.17, 15) is 18.0 Å². The minimum Gasteiger partial charge on any atom is -0.354 e. The first kappa shape index (κ1) is 33.2. The zero-order chi connectivity index (χ0) is 31.7. The number of carbonyl (C=O) groups excluding carboxylic acids is 2. The molecule has 4 aromatic rings. The fraction of sp³-hybridized carbons (Fsp3) is 0.235. The Morgan fingerprint density at radius 3 is 2.20 bits per heavy atom. The number of rotatable bonds is 13. The minimum atomic E-state index is -4.20. The molecule has 0 saturated carbocycles. The number of benzene rings is 4. The lowest BCUT2D eigenvalue weighted by Crippen LogP contribution is -2.53. The van der Waals surface area contributed by atoms with Gasteiger partial charge in [0, 0.05) is 29.0 Å². The van der Waals surface area contributed by atoms with E-state index in [4.69, 9.17) is 11.6 Å². The molecule has 1 unspecified atom stereocenters. The molecule has 0 aromatic heterocycles. The third-order valence-electron chi connectivity index (χ3n) is 7.13. The maximum atomic E-state index is 14.5. The first-order valence-corrected chi connectivity index (χ1v) is 16.9. The minimum absolute atomic E-state index is 0.00184. The summed E-state index contributed by atoms with van der Waals surface area (Å²) in [5.74, 6) is -0.819. The first-order chi connectivity index (χ1) is 21.1. The van der Waals surface area contributed by atoms with Crippen molar-refractivity contribution in [3.63, 3.8) is 0 Å². The van der Waals surface area contributed by atoms with Gasteiger partial charge in [0.15, 0.2) is 0 Å². The molecule has 0 spiro atoms. The molecule has 0 aliphatic carbocycles. The molecule has 1 atom stereocenters.